The van der Waals surface area contributed by atoms with Crippen LogP contribution in [-0.2, 0) is 0 Å². The standard InChI is InChI=1S/C15H24FN3/c1-17-15(13-5-3-4-6-14(13)16)7-8-19-11-9-18(2)10-12-19/h3-6,15,17H,7-12H2,1-2H3. The van der Waals surface area contributed by atoms with E-state index in [0.29, 0.717) is 0 Å². The zero-order valence-corrected chi connectivity index (χ0v) is 11.9. The van der Waals surface area contributed by atoms with E-state index in [1.54, 1.807) is 6.07 Å². The van der Waals surface area contributed by atoms with Crippen molar-refractivity contribution in [2.75, 3.05) is 46.8 Å². The van der Waals surface area contributed by atoms with E-state index in [1.807, 2.05) is 19.2 Å². The minimum Gasteiger partial charge on any atom is -0.313 e. The summed E-state index contributed by atoms with van der Waals surface area (Å²) in [5.41, 5.74) is 0.777. The molecule has 19 heavy (non-hydrogen) atoms. The fourth-order valence-corrected chi connectivity index (χ4v) is 2.60. The molecule has 1 saturated heterocycles. The molecule has 2 rings (SSSR count). The smallest absolute Gasteiger partial charge is 0.127 e. The molecule has 3 nitrogen and oxygen atoms in total. The highest BCUT2D eigenvalue weighted by Crippen LogP contribution is 2.20. The average Bonchev–Trinajstić information content (AvgIpc) is 2.43. The number of hydrogen-bond acceptors (Lipinski definition) is 3. The Hall–Kier alpha value is -0.970. The van der Waals surface area contributed by atoms with Gasteiger partial charge in [0.25, 0.3) is 0 Å². The van der Waals surface area contributed by atoms with Crippen LogP contribution in [0.2, 0.25) is 0 Å². The molecule has 1 fully saturated rings. The number of likely N-dealkylation sites (N-methyl/N-ethyl adjacent to an activating group) is 1. The summed E-state index contributed by atoms with van der Waals surface area (Å²) in [6.07, 6.45) is 0.946. The molecule has 0 bridgehead atoms. The Morgan fingerprint density at radius 2 is 1.89 bits per heavy atom. The summed E-state index contributed by atoms with van der Waals surface area (Å²) in [7, 11) is 4.06. The first kappa shape index (κ1) is 14.4. The largest absolute Gasteiger partial charge is 0.313 e. The second-order valence-corrected chi connectivity index (χ2v) is 5.30. The molecule has 1 aromatic rings. The summed E-state index contributed by atoms with van der Waals surface area (Å²) in [5, 5.41) is 3.23. The predicted octanol–water partition coefficient (Wildman–Crippen LogP) is 1.72. The molecule has 0 aromatic heterocycles. The third-order valence-electron chi connectivity index (χ3n) is 3.96. The maximum atomic E-state index is 13.8. The number of piperazine rings is 1. The molecule has 0 amide bonds. The monoisotopic (exact) mass is 265 g/mol. The van der Waals surface area contributed by atoms with Crippen molar-refractivity contribution in [3.63, 3.8) is 0 Å². The molecule has 0 aliphatic carbocycles. The Kier molecular flexibility index (Phi) is 5.31. The van der Waals surface area contributed by atoms with Crippen LogP contribution in [0.15, 0.2) is 24.3 Å². The van der Waals surface area contributed by atoms with E-state index in [0.717, 1.165) is 44.7 Å². The van der Waals surface area contributed by atoms with E-state index < -0.39 is 0 Å². The predicted molar refractivity (Wildman–Crippen MR) is 76.8 cm³/mol. The van der Waals surface area contributed by atoms with Crippen LogP contribution in [0.4, 0.5) is 4.39 Å². The lowest BCUT2D eigenvalue weighted by atomic mass is 10.0. The maximum absolute atomic E-state index is 13.8. The van der Waals surface area contributed by atoms with Gasteiger partial charge >= 0.3 is 0 Å². The lowest BCUT2D eigenvalue weighted by Gasteiger charge is -2.33. The van der Waals surface area contributed by atoms with Gasteiger partial charge in [-0.3, -0.25) is 0 Å². The second kappa shape index (κ2) is 6.98. The molecule has 0 spiro atoms. The summed E-state index contributed by atoms with van der Waals surface area (Å²) in [5.74, 6) is -0.111. The molecule has 1 heterocycles. The fourth-order valence-electron chi connectivity index (χ4n) is 2.60. The van der Waals surface area contributed by atoms with Gasteiger partial charge < -0.3 is 15.1 Å². The van der Waals surface area contributed by atoms with Gasteiger partial charge in [-0.25, -0.2) is 4.39 Å². The highest BCUT2D eigenvalue weighted by molar-refractivity contribution is 5.21. The molecular formula is C15H24FN3. The van der Waals surface area contributed by atoms with Crippen LogP contribution in [0.1, 0.15) is 18.0 Å². The van der Waals surface area contributed by atoms with Gasteiger partial charge in [0.1, 0.15) is 5.82 Å². The van der Waals surface area contributed by atoms with Gasteiger partial charge in [0.15, 0.2) is 0 Å². The Labute approximate surface area is 115 Å². The van der Waals surface area contributed by atoms with Crippen LogP contribution in [0.3, 0.4) is 0 Å². The summed E-state index contributed by atoms with van der Waals surface area (Å²) in [6.45, 7) is 5.51. The van der Waals surface area contributed by atoms with Crippen molar-refractivity contribution in [3.8, 4) is 0 Å². The van der Waals surface area contributed by atoms with Crippen LogP contribution >= 0.6 is 0 Å². The minimum absolute atomic E-state index is 0.0980. The van der Waals surface area contributed by atoms with E-state index in [4.69, 9.17) is 0 Å². The molecule has 1 aliphatic rings. The van der Waals surface area contributed by atoms with Gasteiger partial charge in [-0.2, -0.15) is 0 Å². The normalized spacial score (nSPS) is 19.5. The molecule has 0 radical (unpaired) electrons. The molecule has 4 heteroatoms. The van der Waals surface area contributed by atoms with Gasteiger partial charge in [0.2, 0.25) is 0 Å². The van der Waals surface area contributed by atoms with Crippen molar-refractivity contribution >= 4 is 0 Å². The van der Waals surface area contributed by atoms with E-state index in [9.17, 15) is 4.39 Å². The van der Waals surface area contributed by atoms with Crippen molar-refractivity contribution < 1.29 is 4.39 Å². The number of rotatable bonds is 5. The quantitative estimate of drug-likeness (QED) is 0.874. The number of nitrogens with zero attached hydrogens (tertiary/aromatic N) is 2. The minimum atomic E-state index is -0.111. The van der Waals surface area contributed by atoms with Gasteiger partial charge in [-0.15, -0.1) is 0 Å². The third kappa shape index (κ3) is 4.00. The van der Waals surface area contributed by atoms with Gasteiger partial charge in [-0.1, -0.05) is 18.2 Å². The fraction of sp³-hybridized carbons (Fsp3) is 0.600. The lowest BCUT2D eigenvalue weighted by molar-refractivity contribution is 0.149. The lowest BCUT2D eigenvalue weighted by Crippen LogP contribution is -2.45. The van der Waals surface area contributed by atoms with Crippen molar-refractivity contribution in [1.82, 2.24) is 15.1 Å². The summed E-state index contributed by atoms with van der Waals surface area (Å²) in [4.78, 5) is 4.81. The first-order valence-corrected chi connectivity index (χ1v) is 7.03. The summed E-state index contributed by atoms with van der Waals surface area (Å²) < 4.78 is 13.8. The molecule has 0 saturated carbocycles. The number of nitrogens with one attached hydrogen (secondary N) is 1. The Morgan fingerprint density at radius 3 is 2.53 bits per heavy atom. The van der Waals surface area contributed by atoms with Gasteiger partial charge in [0.05, 0.1) is 0 Å². The van der Waals surface area contributed by atoms with Crippen molar-refractivity contribution in [1.29, 1.82) is 0 Å². The van der Waals surface area contributed by atoms with E-state index >= 15 is 0 Å². The Morgan fingerprint density at radius 1 is 1.21 bits per heavy atom. The zero-order chi connectivity index (χ0) is 13.7. The van der Waals surface area contributed by atoms with Crippen LogP contribution in [0.5, 0.6) is 0 Å². The molecule has 1 aliphatic heterocycles. The third-order valence-corrected chi connectivity index (χ3v) is 3.96. The maximum Gasteiger partial charge on any atom is 0.127 e. The van der Waals surface area contributed by atoms with Crippen molar-refractivity contribution in [3.05, 3.63) is 35.6 Å². The van der Waals surface area contributed by atoms with Crippen LogP contribution < -0.4 is 5.32 Å². The second-order valence-electron chi connectivity index (χ2n) is 5.30. The van der Waals surface area contributed by atoms with E-state index in [2.05, 4.69) is 22.2 Å². The van der Waals surface area contributed by atoms with Crippen LogP contribution in [0, 0.1) is 5.82 Å². The molecule has 1 N–H and O–H groups in total. The van der Waals surface area contributed by atoms with E-state index in [-0.39, 0.29) is 11.9 Å². The molecule has 1 atom stereocenters. The molecule has 1 aromatic carbocycles. The van der Waals surface area contributed by atoms with Gasteiger partial charge in [0, 0.05) is 44.3 Å². The highest BCUT2D eigenvalue weighted by Gasteiger charge is 2.17. The van der Waals surface area contributed by atoms with Gasteiger partial charge in [-0.05, 0) is 26.6 Å². The zero-order valence-electron chi connectivity index (χ0n) is 11.9. The number of hydrogen-bond donors (Lipinski definition) is 1. The Balaban J connectivity index is 1.88. The Bertz CT molecular complexity index is 389. The molecular weight excluding hydrogens is 241 g/mol. The topological polar surface area (TPSA) is 18.5 Å². The van der Waals surface area contributed by atoms with Crippen molar-refractivity contribution in [2.24, 2.45) is 0 Å². The van der Waals surface area contributed by atoms with Crippen LogP contribution in [-0.4, -0.2) is 56.6 Å². The average molecular weight is 265 g/mol. The number of benzene rings is 1. The summed E-state index contributed by atoms with van der Waals surface area (Å²) >= 11 is 0. The van der Waals surface area contributed by atoms with Crippen molar-refractivity contribution in [2.45, 2.75) is 12.5 Å². The van der Waals surface area contributed by atoms with E-state index in [1.165, 1.54) is 6.07 Å². The first-order chi connectivity index (χ1) is 9.20. The summed E-state index contributed by atoms with van der Waals surface area (Å²) in [6, 6.07) is 7.15. The number of halogens is 1. The molecule has 106 valence electrons. The first-order valence-electron chi connectivity index (χ1n) is 7.03. The molecule has 1 unspecified atom stereocenters. The SMILES string of the molecule is CNC(CCN1CCN(C)CC1)c1ccccc1F. The van der Waals surface area contributed by atoms with Crippen LogP contribution in [0.25, 0.3) is 0 Å². The highest BCUT2D eigenvalue weighted by atomic mass is 19.1.